The number of anilines is 2. The molecule has 20 heavy (non-hydrogen) atoms. The van der Waals surface area contributed by atoms with Gasteiger partial charge in [-0.2, -0.15) is 0 Å². The lowest BCUT2D eigenvalue weighted by atomic mass is 10.1. The first-order valence-electron chi connectivity index (χ1n) is 6.42. The molecule has 0 unspecified atom stereocenters. The number of hydrogen-bond acceptors (Lipinski definition) is 5. The minimum atomic E-state index is -0.545. The predicted octanol–water partition coefficient (Wildman–Crippen LogP) is 1.44. The van der Waals surface area contributed by atoms with E-state index in [9.17, 15) is 9.59 Å². The van der Waals surface area contributed by atoms with E-state index in [2.05, 4.69) is 0 Å². The summed E-state index contributed by atoms with van der Waals surface area (Å²) in [5, 5.41) is 0. The Morgan fingerprint density at radius 2 is 1.95 bits per heavy atom. The lowest BCUT2D eigenvalue weighted by Crippen LogP contribution is -2.31. The molecule has 0 heterocycles. The van der Waals surface area contributed by atoms with Gasteiger partial charge in [0, 0.05) is 19.3 Å². The number of benzene rings is 1. The molecular formula is C14H20N2O4. The van der Waals surface area contributed by atoms with Crippen LogP contribution in [0.25, 0.3) is 0 Å². The van der Waals surface area contributed by atoms with Gasteiger partial charge in [-0.3, -0.25) is 4.79 Å². The first-order valence-corrected chi connectivity index (χ1v) is 6.42. The summed E-state index contributed by atoms with van der Waals surface area (Å²) in [6.07, 6.45) is 0. The van der Waals surface area contributed by atoms with Gasteiger partial charge in [0.05, 0.1) is 12.3 Å². The first kappa shape index (κ1) is 16.0. The van der Waals surface area contributed by atoms with Crippen LogP contribution in [-0.4, -0.2) is 38.7 Å². The fraction of sp³-hybridized carbons (Fsp3) is 0.429. The van der Waals surface area contributed by atoms with Crippen LogP contribution in [0.2, 0.25) is 0 Å². The Morgan fingerprint density at radius 3 is 2.55 bits per heavy atom. The third-order valence-electron chi connectivity index (χ3n) is 2.72. The Balaban J connectivity index is 3.08. The zero-order chi connectivity index (χ0) is 15.1. The number of rotatable bonds is 6. The molecule has 1 amide bonds. The molecule has 2 N–H and O–H groups in total. The van der Waals surface area contributed by atoms with Crippen LogP contribution >= 0.6 is 0 Å². The molecule has 0 aliphatic carbocycles. The summed E-state index contributed by atoms with van der Waals surface area (Å²) in [6, 6.07) is 4.92. The number of esters is 1. The molecular weight excluding hydrogens is 260 g/mol. The van der Waals surface area contributed by atoms with Gasteiger partial charge in [0.1, 0.15) is 12.2 Å². The first-order chi connectivity index (χ1) is 9.52. The summed E-state index contributed by atoms with van der Waals surface area (Å²) in [5.41, 5.74) is 6.70. The maximum absolute atomic E-state index is 12.0. The molecule has 110 valence electrons. The lowest BCUT2D eigenvalue weighted by Gasteiger charge is -2.21. The second kappa shape index (κ2) is 7.49. The van der Waals surface area contributed by atoms with E-state index in [0.717, 1.165) is 0 Å². The number of amides is 1. The monoisotopic (exact) mass is 280 g/mol. The molecule has 1 aromatic rings. The van der Waals surface area contributed by atoms with Crippen molar-refractivity contribution < 1.29 is 19.1 Å². The third-order valence-corrected chi connectivity index (χ3v) is 2.72. The summed E-state index contributed by atoms with van der Waals surface area (Å²) < 4.78 is 10.0. The van der Waals surface area contributed by atoms with Crippen molar-refractivity contribution in [3.05, 3.63) is 23.8 Å². The van der Waals surface area contributed by atoms with Gasteiger partial charge in [0.2, 0.25) is 0 Å². The van der Waals surface area contributed by atoms with Crippen LogP contribution in [0.1, 0.15) is 24.2 Å². The molecule has 1 aromatic carbocycles. The van der Waals surface area contributed by atoms with E-state index >= 15 is 0 Å². The summed E-state index contributed by atoms with van der Waals surface area (Å²) >= 11 is 0. The van der Waals surface area contributed by atoms with Crippen LogP contribution in [0, 0.1) is 0 Å². The molecule has 1 rings (SSSR count). The number of hydrogen-bond donors (Lipinski definition) is 1. The standard InChI is InChI=1S/C14H20N2O4/c1-4-19-9-12(17)16(3)11-8-6-7-10(15)13(11)14(18)20-5-2/h6-8H,4-5,9,15H2,1-3H3. The van der Waals surface area contributed by atoms with E-state index in [1.54, 1.807) is 39.1 Å². The minimum Gasteiger partial charge on any atom is -0.462 e. The van der Waals surface area contributed by atoms with Gasteiger partial charge in [0.15, 0.2) is 0 Å². The quantitative estimate of drug-likeness (QED) is 0.630. The summed E-state index contributed by atoms with van der Waals surface area (Å²) in [4.78, 5) is 25.3. The molecule has 6 nitrogen and oxygen atoms in total. The lowest BCUT2D eigenvalue weighted by molar-refractivity contribution is -0.122. The zero-order valence-corrected chi connectivity index (χ0v) is 12.0. The van der Waals surface area contributed by atoms with Crippen LogP contribution in [0.3, 0.4) is 0 Å². The van der Waals surface area contributed by atoms with Gasteiger partial charge in [-0.1, -0.05) is 6.07 Å². The maximum Gasteiger partial charge on any atom is 0.342 e. The molecule has 0 saturated carbocycles. The van der Waals surface area contributed by atoms with Crippen LogP contribution in [0.4, 0.5) is 11.4 Å². The van der Waals surface area contributed by atoms with Gasteiger partial charge >= 0.3 is 5.97 Å². The van der Waals surface area contributed by atoms with E-state index in [1.807, 2.05) is 0 Å². The van der Waals surface area contributed by atoms with Crippen LogP contribution < -0.4 is 10.6 Å². The smallest absolute Gasteiger partial charge is 0.342 e. The van der Waals surface area contributed by atoms with Crippen molar-refractivity contribution in [1.82, 2.24) is 0 Å². The number of carbonyl (C=O) groups excluding carboxylic acids is 2. The molecule has 0 saturated heterocycles. The highest BCUT2D eigenvalue weighted by Crippen LogP contribution is 2.26. The molecule has 0 fully saturated rings. The van der Waals surface area contributed by atoms with Crippen LogP contribution in [0.15, 0.2) is 18.2 Å². The van der Waals surface area contributed by atoms with E-state index in [0.29, 0.717) is 12.3 Å². The van der Waals surface area contributed by atoms with Gasteiger partial charge in [-0.05, 0) is 26.0 Å². The van der Waals surface area contributed by atoms with E-state index in [1.165, 1.54) is 4.90 Å². The number of carbonyl (C=O) groups is 2. The highest BCUT2D eigenvalue weighted by atomic mass is 16.5. The number of nitrogens with two attached hydrogens (primary N) is 1. The number of nitrogen functional groups attached to an aromatic ring is 1. The van der Waals surface area contributed by atoms with E-state index in [4.69, 9.17) is 15.2 Å². The van der Waals surface area contributed by atoms with Gasteiger partial charge in [0.25, 0.3) is 5.91 Å². The maximum atomic E-state index is 12.0. The second-order valence-corrected chi connectivity index (χ2v) is 4.05. The molecule has 0 aromatic heterocycles. The van der Waals surface area contributed by atoms with Crippen molar-refractivity contribution >= 4 is 23.3 Å². The Labute approximate surface area is 118 Å². The van der Waals surface area contributed by atoms with Gasteiger partial charge < -0.3 is 20.1 Å². The van der Waals surface area contributed by atoms with Crippen molar-refractivity contribution in [2.45, 2.75) is 13.8 Å². The molecule has 6 heteroatoms. The van der Waals surface area contributed by atoms with Crippen molar-refractivity contribution in [3.63, 3.8) is 0 Å². The van der Waals surface area contributed by atoms with Crippen molar-refractivity contribution in [2.75, 3.05) is 37.5 Å². The van der Waals surface area contributed by atoms with E-state index < -0.39 is 5.97 Å². The summed E-state index contributed by atoms with van der Waals surface area (Å²) in [6.45, 7) is 4.15. The average molecular weight is 280 g/mol. The fourth-order valence-corrected chi connectivity index (χ4v) is 1.68. The molecule has 0 bridgehead atoms. The summed E-state index contributed by atoms with van der Waals surface area (Å²) in [7, 11) is 1.57. The zero-order valence-electron chi connectivity index (χ0n) is 12.0. The predicted molar refractivity (Wildman–Crippen MR) is 76.7 cm³/mol. The van der Waals surface area contributed by atoms with Gasteiger partial charge in [-0.25, -0.2) is 4.79 Å². The summed E-state index contributed by atoms with van der Waals surface area (Å²) in [5.74, 6) is -0.806. The van der Waals surface area contributed by atoms with Crippen LogP contribution in [-0.2, 0) is 14.3 Å². The Bertz CT molecular complexity index is 488. The minimum absolute atomic E-state index is 0.0515. The van der Waals surface area contributed by atoms with E-state index in [-0.39, 0.29) is 30.4 Å². The number of nitrogens with zero attached hydrogens (tertiary/aromatic N) is 1. The third kappa shape index (κ3) is 3.71. The molecule has 0 spiro atoms. The Hall–Kier alpha value is -2.08. The Kier molecular flexibility index (Phi) is 5.99. The number of ether oxygens (including phenoxy) is 2. The normalized spacial score (nSPS) is 10.2. The fourth-order valence-electron chi connectivity index (χ4n) is 1.68. The molecule has 0 aliphatic rings. The van der Waals surface area contributed by atoms with Crippen molar-refractivity contribution in [1.29, 1.82) is 0 Å². The number of likely N-dealkylation sites (N-methyl/N-ethyl adjacent to an activating group) is 1. The average Bonchev–Trinajstić information content (AvgIpc) is 2.43. The van der Waals surface area contributed by atoms with Gasteiger partial charge in [-0.15, -0.1) is 0 Å². The van der Waals surface area contributed by atoms with Crippen molar-refractivity contribution in [3.8, 4) is 0 Å². The highest BCUT2D eigenvalue weighted by Gasteiger charge is 2.21. The topological polar surface area (TPSA) is 81.9 Å². The highest BCUT2D eigenvalue weighted by molar-refractivity contribution is 6.06. The second-order valence-electron chi connectivity index (χ2n) is 4.05. The molecule has 0 radical (unpaired) electrons. The largest absolute Gasteiger partial charge is 0.462 e. The Morgan fingerprint density at radius 1 is 1.25 bits per heavy atom. The SMILES string of the molecule is CCOCC(=O)N(C)c1cccc(N)c1C(=O)OCC. The molecule has 0 aliphatic heterocycles. The van der Waals surface area contributed by atoms with Crippen molar-refractivity contribution in [2.24, 2.45) is 0 Å². The van der Waals surface area contributed by atoms with Crippen LogP contribution in [0.5, 0.6) is 0 Å². The molecule has 0 atom stereocenters.